The van der Waals surface area contributed by atoms with Gasteiger partial charge in [0.25, 0.3) is 0 Å². The van der Waals surface area contributed by atoms with E-state index in [4.69, 9.17) is 11.6 Å². The van der Waals surface area contributed by atoms with Gasteiger partial charge in [-0.15, -0.1) is 0 Å². The molecule has 0 radical (unpaired) electrons. The molecule has 2 heterocycles. The maximum Gasteiger partial charge on any atom is 0.319 e. The molecular weight excluding hydrogens is 328 g/mol. The van der Waals surface area contributed by atoms with E-state index in [1.807, 2.05) is 19.1 Å². The van der Waals surface area contributed by atoms with Crippen LogP contribution in [0.1, 0.15) is 18.4 Å². The van der Waals surface area contributed by atoms with E-state index in [-0.39, 0.29) is 18.0 Å². The monoisotopic (exact) mass is 346 g/mol. The molecule has 1 fully saturated rings. The highest BCUT2D eigenvalue weighted by molar-refractivity contribution is 6.35. The van der Waals surface area contributed by atoms with Crippen molar-refractivity contribution >= 4 is 40.1 Å². The number of urea groups is 1. The van der Waals surface area contributed by atoms with Crippen LogP contribution in [-0.4, -0.2) is 41.5 Å². The number of nitrogens with one attached hydrogen (secondary N) is 2. The summed E-state index contributed by atoms with van der Waals surface area (Å²) in [6, 6.07) is 5.08. The Morgan fingerprint density at radius 1 is 1.46 bits per heavy atom. The van der Waals surface area contributed by atoms with Gasteiger partial charge in [-0.05, 0) is 37.1 Å². The first-order valence-electron chi connectivity index (χ1n) is 7.81. The first-order valence-corrected chi connectivity index (χ1v) is 8.19. The number of hydrogen-bond acceptors (Lipinski definition) is 3. The summed E-state index contributed by atoms with van der Waals surface area (Å²) in [4.78, 5) is 29.8. The number of nitrogens with zero attached hydrogens (tertiary/aromatic N) is 2. The number of rotatable bonds is 2. The predicted octanol–water partition coefficient (Wildman–Crippen LogP) is 2.94. The predicted molar refractivity (Wildman–Crippen MR) is 94.3 cm³/mol. The van der Waals surface area contributed by atoms with Gasteiger partial charge in [-0.25, -0.2) is 4.79 Å². The molecule has 2 aromatic rings. The molecule has 0 saturated carbocycles. The van der Waals surface area contributed by atoms with Gasteiger partial charge in [-0.3, -0.25) is 9.78 Å². The fraction of sp³-hybridized carbons (Fsp3) is 0.353. The molecule has 6 nitrogen and oxygen atoms in total. The minimum atomic E-state index is -0.335. The van der Waals surface area contributed by atoms with Gasteiger partial charge in [-0.1, -0.05) is 11.6 Å². The third-order valence-electron chi connectivity index (χ3n) is 4.23. The lowest BCUT2D eigenvalue weighted by Crippen LogP contribution is -2.49. The van der Waals surface area contributed by atoms with E-state index < -0.39 is 0 Å². The molecule has 0 aliphatic carbocycles. The number of piperidine rings is 1. The second-order valence-corrected chi connectivity index (χ2v) is 6.47. The van der Waals surface area contributed by atoms with Crippen molar-refractivity contribution < 1.29 is 9.59 Å². The molecule has 24 heavy (non-hydrogen) atoms. The molecule has 1 aliphatic rings. The summed E-state index contributed by atoms with van der Waals surface area (Å²) in [7, 11) is 1.74. The molecule has 1 aromatic carbocycles. The second-order valence-electron chi connectivity index (χ2n) is 6.06. The van der Waals surface area contributed by atoms with E-state index in [1.165, 1.54) is 0 Å². The lowest BCUT2D eigenvalue weighted by atomic mass is 10.1. The molecule has 0 unspecified atom stereocenters. The number of benzene rings is 1. The quantitative estimate of drug-likeness (QED) is 0.878. The number of fused-ring (bicyclic) bond motifs is 1. The molecule has 1 saturated heterocycles. The van der Waals surface area contributed by atoms with E-state index in [2.05, 4.69) is 15.6 Å². The van der Waals surface area contributed by atoms with Crippen LogP contribution in [0.15, 0.2) is 24.4 Å². The van der Waals surface area contributed by atoms with Crippen LogP contribution in [0.5, 0.6) is 0 Å². The highest BCUT2D eigenvalue weighted by Crippen LogP contribution is 2.32. The van der Waals surface area contributed by atoms with Crippen molar-refractivity contribution in [1.82, 2.24) is 15.2 Å². The lowest BCUT2D eigenvalue weighted by molar-refractivity contribution is -0.132. The topological polar surface area (TPSA) is 74.3 Å². The summed E-state index contributed by atoms with van der Waals surface area (Å²) in [5.41, 5.74) is 2.30. The highest BCUT2D eigenvalue weighted by Gasteiger charge is 2.24. The van der Waals surface area contributed by atoms with Crippen LogP contribution in [0, 0.1) is 6.92 Å². The minimum absolute atomic E-state index is 0.0682. The second kappa shape index (κ2) is 6.65. The number of pyridine rings is 1. The molecule has 1 aliphatic heterocycles. The number of aryl methyl sites for hydroxylation is 1. The van der Waals surface area contributed by atoms with Crippen LogP contribution in [0.3, 0.4) is 0 Å². The summed E-state index contributed by atoms with van der Waals surface area (Å²) < 4.78 is 0. The van der Waals surface area contributed by atoms with E-state index in [0.29, 0.717) is 30.1 Å². The van der Waals surface area contributed by atoms with Crippen LogP contribution >= 0.6 is 11.6 Å². The van der Waals surface area contributed by atoms with Gasteiger partial charge in [0.2, 0.25) is 5.91 Å². The Morgan fingerprint density at radius 2 is 2.25 bits per heavy atom. The highest BCUT2D eigenvalue weighted by atomic mass is 35.5. The summed E-state index contributed by atoms with van der Waals surface area (Å²) in [6.07, 6.45) is 2.79. The number of carbonyl (C=O) groups excluding carboxylic acids is 2. The molecule has 3 rings (SSSR count). The lowest BCUT2D eigenvalue weighted by Gasteiger charge is -2.30. The summed E-state index contributed by atoms with van der Waals surface area (Å²) in [5, 5.41) is 7.00. The van der Waals surface area contributed by atoms with Gasteiger partial charge in [0, 0.05) is 37.6 Å². The number of aromatic nitrogens is 1. The Bertz CT molecular complexity index is 809. The van der Waals surface area contributed by atoms with E-state index in [0.717, 1.165) is 16.5 Å². The number of likely N-dealkylation sites (N-methyl/N-ethyl adjacent to an activating group) is 1. The number of amides is 3. The van der Waals surface area contributed by atoms with Crippen molar-refractivity contribution in [3.8, 4) is 0 Å². The van der Waals surface area contributed by atoms with E-state index >= 15 is 0 Å². The van der Waals surface area contributed by atoms with Crippen LogP contribution < -0.4 is 10.6 Å². The Balaban J connectivity index is 1.78. The first kappa shape index (κ1) is 16.5. The molecular formula is C17H19ClN4O2. The van der Waals surface area contributed by atoms with Crippen molar-refractivity contribution in [1.29, 1.82) is 0 Å². The third kappa shape index (κ3) is 3.28. The van der Waals surface area contributed by atoms with Crippen LogP contribution in [0.2, 0.25) is 5.02 Å². The van der Waals surface area contributed by atoms with Gasteiger partial charge in [0.1, 0.15) is 0 Å². The number of likely N-dealkylation sites (tertiary alicyclic amines) is 1. The van der Waals surface area contributed by atoms with Crippen LogP contribution in [-0.2, 0) is 4.79 Å². The Kier molecular flexibility index (Phi) is 4.57. The molecule has 1 atom stereocenters. The molecule has 1 aromatic heterocycles. The number of halogens is 1. The van der Waals surface area contributed by atoms with Crippen LogP contribution in [0.4, 0.5) is 10.5 Å². The zero-order valence-corrected chi connectivity index (χ0v) is 14.4. The molecule has 0 bridgehead atoms. The minimum Gasteiger partial charge on any atom is -0.344 e. The smallest absolute Gasteiger partial charge is 0.319 e. The summed E-state index contributed by atoms with van der Waals surface area (Å²) >= 11 is 6.31. The van der Waals surface area contributed by atoms with E-state index in [1.54, 1.807) is 24.2 Å². The number of anilines is 1. The van der Waals surface area contributed by atoms with Gasteiger partial charge in [0.05, 0.1) is 16.2 Å². The zero-order chi connectivity index (χ0) is 17.3. The number of hydrogen-bond donors (Lipinski definition) is 2. The van der Waals surface area contributed by atoms with Crippen molar-refractivity contribution in [2.24, 2.45) is 0 Å². The fourth-order valence-electron chi connectivity index (χ4n) is 2.97. The third-order valence-corrected chi connectivity index (χ3v) is 4.53. The largest absolute Gasteiger partial charge is 0.344 e. The average molecular weight is 347 g/mol. The van der Waals surface area contributed by atoms with Crippen LogP contribution in [0.25, 0.3) is 10.9 Å². The van der Waals surface area contributed by atoms with Gasteiger partial charge in [-0.2, -0.15) is 0 Å². The Labute approximate surface area is 145 Å². The van der Waals surface area contributed by atoms with Crippen molar-refractivity contribution in [2.45, 2.75) is 25.8 Å². The maximum atomic E-state index is 12.3. The molecule has 0 spiro atoms. The van der Waals surface area contributed by atoms with Crippen molar-refractivity contribution in [3.05, 3.63) is 35.0 Å². The van der Waals surface area contributed by atoms with Gasteiger partial charge >= 0.3 is 6.03 Å². The molecule has 7 heteroatoms. The fourth-order valence-corrected chi connectivity index (χ4v) is 3.29. The van der Waals surface area contributed by atoms with Gasteiger partial charge < -0.3 is 15.5 Å². The van der Waals surface area contributed by atoms with E-state index in [9.17, 15) is 9.59 Å². The molecule has 3 amide bonds. The summed E-state index contributed by atoms with van der Waals surface area (Å²) in [6.45, 7) is 2.44. The standard InChI is InChI=1S/C17H19ClN4O2/c1-10-8-13(18)16(12-4-3-7-19-15(10)12)21-17(24)20-11-5-6-14(23)22(2)9-11/h3-4,7-8,11H,5-6,9H2,1-2H3,(H2,20,21,24)/t11-/m0/s1. The maximum absolute atomic E-state index is 12.3. The summed E-state index contributed by atoms with van der Waals surface area (Å²) in [5.74, 6) is 0.104. The normalized spacial score (nSPS) is 17.9. The number of carbonyl (C=O) groups is 2. The molecule has 2 N–H and O–H groups in total. The SMILES string of the molecule is Cc1cc(Cl)c(NC(=O)N[C@H]2CCC(=O)N(C)C2)c2cccnc12. The average Bonchev–Trinajstić information content (AvgIpc) is 2.55. The molecule has 126 valence electrons. The van der Waals surface area contributed by atoms with Crippen molar-refractivity contribution in [2.75, 3.05) is 18.9 Å². The Morgan fingerprint density at radius 3 is 3.00 bits per heavy atom. The van der Waals surface area contributed by atoms with Crippen molar-refractivity contribution in [3.63, 3.8) is 0 Å². The first-order chi connectivity index (χ1) is 11.5. The Hall–Kier alpha value is -2.34. The van der Waals surface area contributed by atoms with Gasteiger partial charge in [0.15, 0.2) is 0 Å². The zero-order valence-electron chi connectivity index (χ0n) is 13.6.